The highest BCUT2D eigenvalue weighted by Crippen LogP contribution is 2.12. The normalized spacial score (nSPS) is 11.3. The third-order valence-electron chi connectivity index (χ3n) is 2.66. The number of ether oxygens (including phenoxy) is 1. The average molecular weight is 251 g/mol. The molecule has 102 valence electrons. The molecule has 4 heteroatoms. The number of hydrogen-bond acceptors (Lipinski definition) is 4. The first-order valence-electron chi connectivity index (χ1n) is 6.46. The fourth-order valence-electron chi connectivity index (χ4n) is 1.48. The van der Waals surface area contributed by atoms with Gasteiger partial charge in [0.05, 0.1) is 0 Å². The minimum atomic E-state index is 0.486. The number of aromatic nitrogens is 1. The fraction of sp³-hybridized carbons (Fsp3) is 0.643. The van der Waals surface area contributed by atoms with Gasteiger partial charge in [-0.1, -0.05) is 19.9 Å². The van der Waals surface area contributed by atoms with Crippen LogP contribution >= 0.6 is 0 Å². The molecule has 0 unspecified atom stereocenters. The molecule has 0 spiro atoms. The van der Waals surface area contributed by atoms with E-state index < -0.39 is 0 Å². The molecule has 0 aliphatic rings. The SMILES string of the molecule is Cc1nc(OCCN(C)C)ccc1CNC(C)C. The molecule has 1 heterocycles. The van der Waals surface area contributed by atoms with Gasteiger partial charge >= 0.3 is 0 Å². The lowest BCUT2D eigenvalue weighted by Gasteiger charge is -2.13. The molecule has 0 radical (unpaired) electrons. The van der Waals surface area contributed by atoms with Gasteiger partial charge in [-0.3, -0.25) is 0 Å². The van der Waals surface area contributed by atoms with E-state index >= 15 is 0 Å². The quantitative estimate of drug-likeness (QED) is 0.802. The molecule has 18 heavy (non-hydrogen) atoms. The Morgan fingerprint density at radius 1 is 1.33 bits per heavy atom. The number of hydrogen-bond donors (Lipinski definition) is 1. The largest absolute Gasteiger partial charge is 0.476 e. The molecule has 0 aliphatic carbocycles. The maximum absolute atomic E-state index is 5.61. The smallest absolute Gasteiger partial charge is 0.213 e. The van der Waals surface area contributed by atoms with Crippen LogP contribution in [0, 0.1) is 6.92 Å². The van der Waals surface area contributed by atoms with Crippen LogP contribution in [0.1, 0.15) is 25.1 Å². The summed E-state index contributed by atoms with van der Waals surface area (Å²) in [5.74, 6) is 0.711. The van der Waals surface area contributed by atoms with E-state index in [1.807, 2.05) is 27.1 Å². The predicted octanol–water partition coefficient (Wildman–Crippen LogP) is 1.83. The van der Waals surface area contributed by atoms with Gasteiger partial charge in [0, 0.05) is 30.9 Å². The van der Waals surface area contributed by atoms with Gasteiger partial charge in [-0.2, -0.15) is 0 Å². The van der Waals surface area contributed by atoms with E-state index in [-0.39, 0.29) is 0 Å². The zero-order chi connectivity index (χ0) is 13.5. The van der Waals surface area contributed by atoms with E-state index in [1.54, 1.807) is 0 Å². The Bertz CT molecular complexity index is 364. The number of nitrogens with one attached hydrogen (secondary N) is 1. The van der Waals surface area contributed by atoms with Crippen molar-refractivity contribution in [3.8, 4) is 5.88 Å². The Balaban J connectivity index is 2.51. The van der Waals surface area contributed by atoms with Crippen LogP contribution in [0.3, 0.4) is 0 Å². The van der Waals surface area contributed by atoms with Gasteiger partial charge in [0.15, 0.2) is 0 Å². The van der Waals surface area contributed by atoms with Gasteiger partial charge in [0.25, 0.3) is 0 Å². The zero-order valence-electron chi connectivity index (χ0n) is 12.2. The molecule has 1 N–H and O–H groups in total. The summed E-state index contributed by atoms with van der Waals surface area (Å²) in [5.41, 5.74) is 2.26. The molecule has 0 aromatic carbocycles. The maximum Gasteiger partial charge on any atom is 0.213 e. The second-order valence-electron chi connectivity index (χ2n) is 5.08. The number of pyridine rings is 1. The molecule has 0 amide bonds. The van der Waals surface area contributed by atoms with Crippen molar-refractivity contribution in [2.45, 2.75) is 33.4 Å². The second kappa shape index (κ2) is 7.34. The number of rotatable bonds is 7. The molecule has 0 bridgehead atoms. The zero-order valence-corrected chi connectivity index (χ0v) is 12.2. The van der Waals surface area contributed by atoms with Crippen molar-refractivity contribution in [1.29, 1.82) is 0 Å². The molecule has 4 nitrogen and oxygen atoms in total. The first kappa shape index (κ1) is 14.9. The van der Waals surface area contributed by atoms with E-state index in [0.29, 0.717) is 18.5 Å². The molecular weight excluding hydrogens is 226 g/mol. The van der Waals surface area contributed by atoms with Crippen LogP contribution < -0.4 is 10.1 Å². The van der Waals surface area contributed by atoms with Crippen LogP contribution in [0.4, 0.5) is 0 Å². The Labute approximate surface area is 110 Å². The Hall–Kier alpha value is -1.13. The highest BCUT2D eigenvalue weighted by atomic mass is 16.5. The number of likely N-dealkylation sites (N-methyl/N-ethyl adjacent to an activating group) is 1. The van der Waals surface area contributed by atoms with Gasteiger partial charge < -0.3 is 15.0 Å². The molecule has 0 saturated carbocycles. The van der Waals surface area contributed by atoms with Crippen molar-refractivity contribution in [3.05, 3.63) is 23.4 Å². The first-order chi connectivity index (χ1) is 8.49. The molecule has 0 aliphatic heterocycles. The van der Waals surface area contributed by atoms with Crippen molar-refractivity contribution >= 4 is 0 Å². The summed E-state index contributed by atoms with van der Waals surface area (Å²) in [5, 5.41) is 3.39. The van der Waals surface area contributed by atoms with Gasteiger partial charge in [-0.15, -0.1) is 0 Å². The van der Waals surface area contributed by atoms with Crippen molar-refractivity contribution in [2.24, 2.45) is 0 Å². The van der Waals surface area contributed by atoms with Crippen LogP contribution in [0.15, 0.2) is 12.1 Å². The fourth-order valence-corrected chi connectivity index (χ4v) is 1.48. The maximum atomic E-state index is 5.61. The third kappa shape index (κ3) is 5.47. The minimum absolute atomic E-state index is 0.486. The van der Waals surface area contributed by atoms with Crippen molar-refractivity contribution in [1.82, 2.24) is 15.2 Å². The van der Waals surface area contributed by atoms with Gasteiger partial charge in [0.2, 0.25) is 5.88 Å². The molecule has 1 rings (SSSR count). The second-order valence-corrected chi connectivity index (χ2v) is 5.08. The molecule has 0 saturated heterocycles. The lowest BCUT2D eigenvalue weighted by atomic mass is 10.2. The Kier molecular flexibility index (Phi) is 6.09. The van der Waals surface area contributed by atoms with Gasteiger partial charge in [0.1, 0.15) is 6.61 Å². The van der Waals surface area contributed by atoms with Crippen LogP contribution in [0.5, 0.6) is 5.88 Å². The monoisotopic (exact) mass is 251 g/mol. The molecule has 1 aromatic rings. The Morgan fingerprint density at radius 3 is 2.61 bits per heavy atom. The molecule has 1 aromatic heterocycles. The van der Waals surface area contributed by atoms with E-state index in [0.717, 1.165) is 18.8 Å². The lowest BCUT2D eigenvalue weighted by Crippen LogP contribution is -2.22. The predicted molar refractivity (Wildman–Crippen MR) is 75.0 cm³/mol. The van der Waals surface area contributed by atoms with E-state index in [9.17, 15) is 0 Å². The lowest BCUT2D eigenvalue weighted by molar-refractivity contribution is 0.253. The number of aryl methyl sites for hydroxylation is 1. The summed E-state index contributed by atoms with van der Waals surface area (Å²) in [4.78, 5) is 6.56. The van der Waals surface area contributed by atoms with Gasteiger partial charge in [-0.05, 0) is 26.6 Å². The highest BCUT2D eigenvalue weighted by molar-refractivity contribution is 5.24. The summed E-state index contributed by atoms with van der Waals surface area (Å²) >= 11 is 0. The van der Waals surface area contributed by atoms with Crippen LogP contribution in [-0.4, -0.2) is 43.2 Å². The molecule has 0 fully saturated rings. The summed E-state index contributed by atoms with van der Waals surface area (Å²) in [7, 11) is 4.06. The first-order valence-corrected chi connectivity index (χ1v) is 6.46. The average Bonchev–Trinajstić information content (AvgIpc) is 2.27. The molecular formula is C14H25N3O. The number of nitrogens with zero attached hydrogens (tertiary/aromatic N) is 2. The van der Waals surface area contributed by atoms with Gasteiger partial charge in [-0.25, -0.2) is 4.98 Å². The van der Waals surface area contributed by atoms with E-state index in [4.69, 9.17) is 4.74 Å². The summed E-state index contributed by atoms with van der Waals surface area (Å²) in [6, 6.07) is 4.52. The van der Waals surface area contributed by atoms with Crippen molar-refractivity contribution < 1.29 is 4.74 Å². The third-order valence-corrected chi connectivity index (χ3v) is 2.66. The van der Waals surface area contributed by atoms with Crippen molar-refractivity contribution in [2.75, 3.05) is 27.2 Å². The van der Waals surface area contributed by atoms with Crippen molar-refractivity contribution in [3.63, 3.8) is 0 Å². The Morgan fingerprint density at radius 2 is 2.06 bits per heavy atom. The van der Waals surface area contributed by atoms with E-state index in [1.165, 1.54) is 5.56 Å². The summed E-state index contributed by atoms with van der Waals surface area (Å²) < 4.78 is 5.61. The highest BCUT2D eigenvalue weighted by Gasteiger charge is 2.03. The molecule has 0 atom stereocenters. The topological polar surface area (TPSA) is 37.4 Å². The summed E-state index contributed by atoms with van der Waals surface area (Å²) in [6.45, 7) is 8.73. The van der Waals surface area contributed by atoms with E-state index in [2.05, 4.69) is 35.1 Å². The van der Waals surface area contributed by atoms with Crippen LogP contribution in [-0.2, 0) is 6.54 Å². The summed E-state index contributed by atoms with van der Waals surface area (Å²) in [6.07, 6.45) is 0. The van der Waals surface area contributed by atoms with Crippen LogP contribution in [0.2, 0.25) is 0 Å². The standard InChI is InChI=1S/C14H25N3O/c1-11(2)15-10-13-6-7-14(16-12(13)3)18-9-8-17(4)5/h6-7,11,15H,8-10H2,1-5H3. The minimum Gasteiger partial charge on any atom is -0.476 e. The van der Waals surface area contributed by atoms with Crippen LogP contribution in [0.25, 0.3) is 0 Å².